The van der Waals surface area contributed by atoms with Crippen LogP contribution in [0.3, 0.4) is 0 Å². The van der Waals surface area contributed by atoms with Crippen LogP contribution in [0, 0.1) is 26.7 Å². The quantitative estimate of drug-likeness (QED) is 0.852. The van der Waals surface area contributed by atoms with E-state index in [4.69, 9.17) is 0 Å². The highest BCUT2D eigenvalue weighted by Gasteiger charge is 2.34. The highest BCUT2D eigenvalue weighted by molar-refractivity contribution is 5.99. The molecule has 3 nitrogen and oxygen atoms in total. The van der Waals surface area contributed by atoms with Gasteiger partial charge >= 0.3 is 0 Å². The number of aryl methyl sites for hydroxylation is 3. The highest BCUT2D eigenvalue weighted by Crippen LogP contribution is 2.41. The number of carbonyl (C=O) groups is 2. The summed E-state index contributed by atoms with van der Waals surface area (Å²) in [6, 6.07) is 4.26. The zero-order valence-electron chi connectivity index (χ0n) is 13.8. The van der Waals surface area contributed by atoms with E-state index in [1.54, 1.807) is 6.92 Å². The first-order valence-electron chi connectivity index (χ1n) is 7.87. The van der Waals surface area contributed by atoms with E-state index in [0.29, 0.717) is 24.8 Å². The summed E-state index contributed by atoms with van der Waals surface area (Å²) >= 11 is 0. The fourth-order valence-electron chi connectivity index (χ4n) is 3.80. The minimum atomic E-state index is -0.494. The molecule has 0 radical (unpaired) electrons. The Balaban J connectivity index is 2.44. The van der Waals surface area contributed by atoms with Crippen molar-refractivity contribution in [3.8, 4) is 0 Å². The van der Waals surface area contributed by atoms with Crippen LogP contribution in [-0.2, 0) is 9.59 Å². The summed E-state index contributed by atoms with van der Waals surface area (Å²) in [6.07, 6.45) is 2.16. The van der Waals surface area contributed by atoms with Gasteiger partial charge in [0, 0.05) is 24.3 Å². The van der Waals surface area contributed by atoms with Crippen molar-refractivity contribution >= 4 is 12.1 Å². The topological polar surface area (TPSA) is 54.4 Å². The number of aldehydes is 1. The normalized spacial score (nSPS) is 21.8. The van der Waals surface area contributed by atoms with Gasteiger partial charge in [0.2, 0.25) is 0 Å². The van der Waals surface area contributed by atoms with Crippen molar-refractivity contribution in [1.82, 2.24) is 0 Å². The molecule has 2 rings (SSSR count). The number of hydrogen-bond donors (Lipinski definition) is 1. The predicted molar refractivity (Wildman–Crippen MR) is 87.1 cm³/mol. The fraction of sp³-hybridized carbons (Fsp3) is 0.474. The highest BCUT2D eigenvalue weighted by atomic mass is 16.3. The summed E-state index contributed by atoms with van der Waals surface area (Å²) < 4.78 is 0. The lowest BCUT2D eigenvalue weighted by Gasteiger charge is -2.30. The molecule has 3 heteroatoms. The molecule has 2 atom stereocenters. The molecular formula is C19H24O3. The first kappa shape index (κ1) is 16.5. The molecule has 0 aromatic heterocycles. The van der Waals surface area contributed by atoms with E-state index in [9.17, 15) is 14.7 Å². The Morgan fingerprint density at radius 1 is 1.27 bits per heavy atom. The van der Waals surface area contributed by atoms with Crippen molar-refractivity contribution in [1.29, 1.82) is 0 Å². The molecule has 0 bridgehead atoms. The molecule has 2 unspecified atom stereocenters. The second kappa shape index (κ2) is 6.47. The van der Waals surface area contributed by atoms with Gasteiger partial charge in [0.15, 0.2) is 5.78 Å². The maximum Gasteiger partial charge on any atom is 0.162 e. The first-order chi connectivity index (χ1) is 10.4. The minimum Gasteiger partial charge on any atom is -0.512 e. The van der Waals surface area contributed by atoms with E-state index >= 15 is 0 Å². The Morgan fingerprint density at radius 3 is 2.36 bits per heavy atom. The second-order valence-corrected chi connectivity index (χ2v) is 6.33. The number of Topliss-reactive ketones (excluding diaryl/α,β-unsaturated/α-hetero) is 1. The van der Waals surface area contributed by atoms with E-state index in [-0.39, 0.29) is 17.5 Å². The van der Waals surface area contributed by atoms with Gasteiger partial charge in [0.25, 0.3) is 0 Å². The lowest BCUT2D eigenvalue weighted by molar-refractivity contribution is -0.118. The molecule has 22 heavy (non-hydrogen) atoms. The van der Waals surface area contributed by atoms with Crippen molar-refractivity contribution in [3.63, 3.8) is 0 Å². The van der Waals surface area contributed by atoms with E-state index in [2.05, 4.69) is 32.9 Å². The lowest BCUT2D eigenvalue weighted by Crippen LogP contribution is -2.25. The molecule has 0 aliphatic heterocycles. The standard InChI is InChI=1S/C19H24O3/c1-5-16(21)19-15(10-20)8-14(9-17(19)22)18-12(3)6-11(2)7-13(18)4/h6-7,10,14-15,22H,5,8-9H2,1-4H3. The predicted octanol–water partition coefficient (Wildman–Crippen LogP) is 4.10. The number of rotatable bonds is 4. The minimum absolute atomic E-state index is 0.0872. The van der Waals surface area contributed by atoms with Crippen LogP contribution in [0.25, 0.3) is 0 Å². The molecule has 0 saturated heterocycles. The molecular weight excluding hydrogens is 276 g/mol. The van der Waals surface area contributed by atoms with Crippen LogP contribution < -0.4 is 0 Å². The van der Waals surface area contributed by atoms with Gasteiger partial charge in [-0.05, 0) is 49.8 Å². The molecule has 0 spiro atoms. The Hall–Kier alpha value is -1.90. The van der Waals surface area contributed by atoms with E-state index < -0.39 is 5.92 Å². The van der Waals surface area contributed by atoms with E-state index in [1.807, 2.05) is 0 Å². The van der Waals surface area contributed by atoms with Crippen LogP contribution in [0.2, 0.25) is 0 Å². The average molecular weight is 300 g/mol. The van der Waals surface area contributed by atoms with E-state index in [0.717, 1.165) is 6.29 Å². The van der Waals surface area contributed by atoms with Gasteiger partial charge in [0.05, 0.1) is 0 Å². The number of aliphatic hydroxyl groups excluding tert-OH is 1. The van der Waals surface area contributed by atoms with Gasteiger partial charge in [-0.1, -0.05) is 24.6 Å². The number of benzene rings is 1. The number of aliphatic hydroxyl groups is 1. The van der Waals surface area contributed by atoms with Gasteiger partial charge < -0.3 is 9.90 Å². The molecule has 1 aromatic carbocycles. The van der Waals surface area contributed by atoms with Crippen molar-refractivity contribution in [2.45, 2.75) is 52.9 Å². The Labute approximate surface area is 132 Å². The summed E-state index contributed by atoms with van der Waals surface area (Å²) in [5, 5.41) is 10.3. The zero-order valence-corrected chi connectivity index (χ0v) is 13.8. The average Bonchev–Trinajstić information content (AvgIpc) is 2.44. The summed E-state index contributed by atoms with van der Waals surface area (Å²) in [5.41, 5.74) is 5.11. The maximum atomic E-state index is 12.0. The van der Waals surface area contributed by atoms with Crippen molar-refractivity contribution < 1.29 is 14.7 Å². The van der Waals surface area contributed by atoms with Crippen molar-refractivity contribution in [2.75, 3.05) is 0 Å². The van der Waals surface area contributed by atoms with Gasteiger partial charge in [-0.2, -0.15) is 0 Å². The molecule has 1 aliphatic rings. The third kappa shape index (κ3) is 2.99. The Bertz CT molecular complexity index is 617. The number of ketones is 1. The molecule has 1 aliphatic carbocycles. The summed E-state index contributed by atoms with van der Waals surface area (Å²) in [6.45, 7) is 7.95. The molecule has 0 amide bonds. The molecule has 0 saturated carbocycles. The third-order valence-electron chi connectivity index (χ3n) is 4.59. The van der Waals surface area contributed by atoms with E-state index in [1.165, 1.54) is 22.3 Å². The van der Waals surface area contributed by atoms with Crippen LogP contribution in [0.1, 0.15) is 54.4 Å². The number of hydrogen-bond acceptors (Lipinski definition) is 3. The molecule has 1 aromatic rings. The fourth-order valence-corrected chi connectivity index (χ4v) is 3.80. The Kier molecular flexibility index (Phi) is 4.84. The lowest BCUT2D eigenvalue weighted by atomic mass is 9.74. The summed E-state index contributed by atoms with van der Waals surface area (Å²) in [5.74, 6) is -0.430. The van der Waals surface area contributed by atoms with Gasteiger partial charge in [-0.3, -0.25) is 4.79 Å². The van der Waals surface area contributed by atoms with Gasteiger partial charge in [-0.15, -0.1) is 0 Å². The first-order valence-corrected chi connectivity index (χ1v) is 7.87. The molecule has 0 fully saturated rings. The van der Waals surface area contributed by atoms with Crippen molar-refractivity contribution in [3.05, 3.63) is 45.7 Å². The maximum absolute atomic E-state index is 12.0. The van der Waals surface area contributed by atoms with Crippen LogP contribution in [0.5, 0.6) is 0 Å². The Morgan fingerprint density at radius 2 is 1.86 bits per heavy atom. The van der Waals surface area contributed by atoms with Crippen LogP contribution in [-0.4, -0.2) is 17.2 Å². The monoisotopic (exact) mass is 300 g/mol. The summed E-state index contributed by atoms with van der Waals surface area (Å²) in [4.78, 5) is 23.4. The zero-order chi connectivity index (χ0) is 16.4. The van der Waals surface area contributed by atoms with Gasteiger partial charge in [0.1, 0.15) is 12.0 Å². The largest absolute Gasteiger partial charge is 0.512 e. The summed E-state index contributed by atoms with van der Waals surface area (Å²) in [7, 11) is 0. The van der Waals surface area contributed by atoms with Crippen LogP contribution in [0.15, 0.2) is 23.5 Å². The number of allylic oxidation sites excluding steroid dienone is 2. The van der Waals surface area contributed by atoms with Crippen LogP contribution in [0.4, 0.5) is 0 Å². The smallest absolute Gasteiger partial charge is 0.162 e. The van der Waals surface area contributed by atoms with Crippen molar-refractivity contribution in [2.24, 2.45) is 5.92 Å². The number of carbonyl (C=O) groups excluding carboxylic acids is 2. The molecule has 118 valence electrons. The third-order valence-corrected chi connectivity index (χ3v) is 4.59. The second-order valence-electron chi connectivity index (χ2n) is 6.33. The molecule has 0 heterocycles. The molecule has 1 N–H and O–H groups in total. The van der Waals surface area contributed by atoms with Gasteiger partial charge in [-0.25, -0.2) is 0 Å². The van der Waals surface area contributed by atoms with Crippen LogP contribution >= 0.6 is 0 Å². The SMILES string of the molecule is CCC(=O)C1=C(O)CC(c2c(C)cc(C)cc2C)CC1C=O.